The Balaban J connectivity index is 2.52. The summed E-state index contributed by atoms with van der Waals surface area (Å²) in [6.45, 7) is 5.23. The SMILES string of the molecule is Cc1cc(NS(=O)(=O)c2cnc(C)n2C)c(C(=O)O)cc1C. The highest BCUT2D eigenvalue weighted by Crippen LogP contribution is 2.24. The first-order valence-electron chi connectivity index (χ1n) is 6.49. The number of carboxylic acids is 1. The molecule has 1 aromatic carbocycles. The molecule has 0 bridgehead atoms. The van der Waals surface area contributed by atoms with Crippen molar-refractivity contribution in [3.63, 3.8) is 0 Å². The largest absolute Gasteiger partial charge is 0.478 e. The van der Waals surface area contributed by atoms with Crippen LogP contribution in [-0.2, 0) is 17.1 Å². The summed E-state index contributed by atoms with van der Waals surface area (Å²) in [5, 5.41) is 9.23. The predicted molar refractivity (Wildman–Crippen MR) is 81.6 cm³/mol. The van der Waals surface area contributed by atoms with Gasteiger partial charge in [0.2, 0.25) is 0 Å². The summed E-state index contributed by atoms with van der Waals surface area (Å²) < 4.78 is 28.6. The minimum atomic E-state index is -3.92. The molecule has 0 spiro atoms. The number of rotatable bonds is 4. The van der Waals surface area contributed by atoms with Crippen LogP contribution < -0.4 is 4.72 Å². The van der Waals surface area contributed by atoms with Crippen LogP contribution in [0.4, 0.5) is 5.69 Å². The van der Waals surface area contributed by atoms with E-state index in [0.29, 0.717) is 5.82 Å². The maximum absolute atomic E-state index is 12.4. The highest BCUT2D eigenvalue weighted by Gasteiger charge is 2.22. The Morgan fingerprint density at radius 1 is 1.23 bits per heavy atom. The molecule has 0 amide bonds. The number of aromatic nitrogens is 2. The number of anilines is 1. The average Bonchev–Trinajstić information content (AvgIpc) is 2.74. The predicted octanol–water partition coefficient (Wildman–Crippen LogP) is 1.84. The van der Waals surface area contributed by atoms with Crippen LogP contribution in [0.25, 0.3) is 0 Å². The fourth-order valence-electron chi connectivity index (χ4n) is 2.01. The van der Waals surface area contributed by atoms with E-state index in [9.17, 15) is 18.3 Å². The van der Waals surface area contributed by atoms with Crippen molar-refractivity contribution in [2.75, 3.05) is 4.72 Å². The smallest absolute Gasteiger partial charge is 0.337 e. The molecule has 2 N–H and O–H groups in total. The molecular weight excluding hydrogens is 306 g/mol. The number of benzene rings is 1. The molecule has 118 valence electrons. The molecular formula is C14H17N3O4S. The second kappa shape index (κ2) is 5.45. The lowest BCUT2D eigenvalue weighted by molar-refractivity contribution is 0.0698. The van der Waals surface area contributed by atoms with Crippen molar-refractivity contribution in [1.82, 2.24) is 9.55 Å². The molecule has 1 heterocycles. The molecule has 2 rings (SSSR count). The third-order valence-corrected chi connectivity index (χ3v) is 4.98. The summed E-state index contributed by atoms with van der Waals surface area (Å²) in [4.78, 5) is 15.3. The first-order chi connectivity index (χ1) is 10.1. The Morgan fingerprint density at radius 3 is 2.32 bits per heavy atom. The number of hydrogen-bond donors (Lipinski definition) is 2. The second-order valence-corrected chi connectivity index (χ2v) is 6.72. The maximum Gasteiger partial charge on any atom is 0.337 e. The highest BCUT2D eigenvalue weighted by atomic mass is 32.2. The van der Waals surface area contributed by atoms with Crippen LogP contribution >= 0.6 is 0 Å². The van der Waals surface area contributed by atoms with Crippen molar-refractivity contribution in [3.8, 4) is 0 Å². The number of sulfonamides is 1. The molecule has 0 aliphatic heterocycles. The second-order valence-electron chi connectivity index (χ2n) is 5.10. The lowest BCUT2D eigenvalue weighted by atomic mass is 10.0. The fraction of sp³-hybridized carbons (Fsp3) is 0.286. The molecule has 0 aliphatic carbocycles. The molecule has 7 nitrogen and oxygen atoms in total. The van der Waals surface area contributed by atoms with Crippen LogP contribution in [0.5, 0.6) is 0 Å². The topological polar surface area (TPSA) is 101 Å². The van der Waals surface area contributed by atoms with Gasteiger partial charge in [0.1, 0.15) is 5.82 Å². The van der Waals surface area contributed by atoms with E-state index in [1.807, 2.05) is 0 Å². The van der Waals surface area contributed by atoms with E-state index in [0.717, 1.165) is 11.1 Å². The molecule has 8 heteroatoms. The number of carbonyl (C=O) groups is 1. The quantitative estimate of drug-likeness (QED) is 0.894. The first kappa shape index (κ1) is 16.0. The number of nitrogens with zero attached hydrogens (tertiary/aromatic N) is 2. The lowest BCUT2D eigenvalue weighted by Crippen LogP contribution is -2.18. The van der Waals surface area contributed by atoms with Crippen molar-refractivity contribution >= 4 is 21.7 Å². The molecule has 2 aromatic rings. The normalized spacial score (nSPS) is 11.5. The van der Waals surface area contributed by atoms with Gasteiger partial charge >= 0.3 is 5.97 Å². The van der Waals surface area contributed by atoms with Crippen molar-refractivity contribution in [2.45, 2.75) is 25.8 Å². The van der Waals surface area contributed by atoms with Crippen molar-refractivity contribution in [3.05, 3.63) is 40.8 Å². The average molecular weight is 323 g/mol. The van der Waals surface area contributed by atoms with Gasteiger partial charge in [-0.25, -0.2) is 9.78 Å². The van der Waals surface area contributed by atoms with Gasteiger partial charge in [0, 0.05) is 7.05 Å². The molecule has 0 radical (unpaired) electrons. The molecule has 22 heavy (non-hydrogen) atoms. The monoisotopic (exact) mass is 323 g/mol. The van der Waals surface area contributed by atoms with Crippen LogP contribution in [-0.4, -0.2) is 29.0 Å². The number of hydrogen-bond acceptors (Lipinski definition) is 4. The summed E-state index contributed by atoms with van der Waals surface area (Å²) in [5.74, 6) is -0.652. The van der Waals surface area contributed by atoms with Gasteiger partial charge in [-0.3, -0.25) is 4.72 Å². The van der Waals surface area contributed by atoms with E-state index in [1.165, 1.54) is 22.9 Å². The van der Waals surface area contributed by atoms with Gasteiger partial charge in [-0.15, -0.1) is 0 Å². The minimum absolute atomic E-state index is 0.0282. The van der Waals surface area contributed by atoms with E-state index >= 15 is 0 Å². The van der Waals surface area contributed by atoms with E-state index in [2.05, 4.69) is 9.71 Å². The molecule has 1 aromatic heterocycles. The van der Waals surface area contributed by atoms with Gasteiger partial charge in [0.25, 0.3) is 10.0 Å². The zero-order valence-corrected chi connectivity index (χ0v) is 13.5. The van der Waals surface area contributed by atoms with Gasteiger partial charge in [-0.2, -0.15) is 8.42 Å². The van der Waals surface area contributed by atoms with Crippen LogP contribution in [0.15, 0.2) is 23.4 Å². The molecule has 0 unspecified atom stereocenters. The lowest BCUT2D eigenvalue weighted by Gasteiger charge is -2.13. The molecule has 0 fully saturated rings. The Kier molecular flexibility index (Phi) is 3.97. The van der Waals surface area contributed by atoms with Gasteiger partial charge in [0.15, 0.2) is 5.03 Å². The third-order valence-electron chi connectivity index (χ3n) is 3.56. The Bertz CT molecular complexity index is 853. The summed E-state index contributed by atoms with van der Waals surface area (Å²) in [6.07, 6.45) is 1.24. The molecule has 0 aliphatic rings. The van der Waals surface area contributed by atoms with E-state index in [-0.39, 0.29) is 16.3 Å². The Labute approximate surface area is 128 Å². The maximum atomic E-state index is 12.4. The summed E-state index contributed by atoms with van der Waals surface area (Å²) >= 11 is 0. The highest BCUT2D eigenvalue weighted by molar-refractivity contribution is 7.92. The zero-order chi connectivity index (χ0) is 16.7. The summed E-state index contributed by atoms with van der Waals surface area (Å²) in [7, 11) is -2.34. The van der Waals surface area contributed by atoms with E-state index in [1.54, 1.807) is 27.8 Å². The van der Waals surface area contributed by atoms with Crippen LogP contribution in [0.1, 0.15) is 27.3 Å². The third kappa shape index (κ3) is 2.82. The number of aromatic carboxylic acids is 1. The fourth-order valence-corrected chi connectivity index (χ4v) is 3.25. The van der Waals surface area contributed by atoms with Crippen molar-refractivity contribution in [1.29, 1.82) is 0 Å². The first-order valence-corrected chi connectivity index (χ1v) is 7.97. The van der Waals surface area contributed by atoms with Crippen LogP contribution in [0, 0.1) is 20.8 Å². The van der Waals surface area contributed by atoms with E-state index in [4.69, 9.17) is 0 Å². The molecule has 0 saturated carbocycles. The zero-order valence-electron chi connectivity index (χ0n) is 12.7. The van der Waals surface area contributed by atoms with Crippen molar-refractivity contribution in [2.24, 2.45) is 7.05 Å². The Morgan fingerprint density at radius 2 is 1.82 bits per heavy atom. The standard InChI is InChI=1S/C14H17N3O4S/c1-8-5-11(14(18)19)12(6-9(8)2)16-22(20,21)13-7-15-10(3)17(13)4/h5-7,16H,1-4H3,(H,18,19). The van der Waals surface area contributed by atoms with Gasteiger partial charge in [-0.1, -0.05) is 0 Å². The Hall–Kier alpha value is -2.35. The minimum Gasteiger partial charge on any atom is -0.478 e. The molecule has 0 atom stereocenters. The number of carboxylic acid groups (broad SMARTS) is 1. The van der Waals surface area contributed by atoms with Gasteiger partial charge < -0.3 is 9.67 Å². The van der Waals surface area contributed by atoms with Gasteiger partial charge in [-0.05, 0) is 44.0 Å². The number of imidazole rings is 1. The summed E-state index contributed by atoms with van der Waals surface area (Å²) in [5.41, 5.74) is 1.51. The van der Waals surface area contributed by atoms with Crippen LogP contribution in [0.3, 0.4) is 0 Å². The molecule has 0 saturated heterocycles. The van der Waals surface area contributed by atoms with Gasteiger partial charge in [0.05, 0.1) is 17.4 Å². The van der Waals surface area contributed by atoms with E-state index < -0.39 is 16.0 Å². The number of nitrogens with one attached hydrogen (secondary N) is 1. The van der Waals surface area contributed by atoms with Crippen LogP contribution in [0.2, 0.25) is 0 Å². The number of aryl methyl sites for hydroxylation is 3. The summed E-state index contributed by atoms with van der Waals surface area (Å²) in [6, 6.07) is 2.96. The van der Waals surface area contributed by atoms with Crippen molar-refractivity contribution < 1.29 is 18.3 Å².